The molecule has 4 aromatic rings. The third-order valence-corrected chi connectivity index (χ3v) is 10.3. The number of nitrogens with zero attached hydrogens (tertiary/aromatic N) is 2. The third-order valence-electron chi connectivity index (χ3n) is 7.68. The normalized spacial score (nSPS) is 12.6. The number of hydrogen-bond acceptors (Lipinski definition) is 4. The number of carbonyl (C=O) groups is 2. The van der Waals surface area contributed by atoms with E-state index in [1.165, 1.54) is 23.1 Å². The van der Waals surface area contributed by atoms with Crippen LogP contribution in [0.15, 0.2) is 108 Å². The van der Waals surface area contributed by atoms with E-state index in [9.17, 15) is 18.0 Å². The summed E-state index contributed by atoms with van der Waals surface area (Å²) >= 11 is 12.9. The van der Waals surface area contributed by atoms with Crippen LogP contribution in [0.4, 0.5) is 5.69 Å². The molecule has 4 aromatic carbocycles. The number of hydrogen-bond donors (Lipinski definition) is 1. The molecule has 2 amide bonds. The first-order chi connectivity index (χ1) is 21.5. The molecule has 236 valence electrons. The maximum atomic E-state index is 14.6. The van der Waals surface area contributed by atoms with Crippen molar-refractivity contribution in [1.29, 1.82) is 0 Å². The molecular weight excluding hydrogens is 629 g/mol. The first-order valence-electron chi connectivity index (χ1n) is 14.7. The summed E-state index contributed by atoms with van der Waals surface area (Å²) in [5, 5.41) is 3.17. The molecule has 0 bridgehead atoms. The zero-order chi connectivity index (χ0) is 32.6. The fraction of sp³-hybridized carbons (Fsp3) is 0.257. The van der Waals surface area contributed by atoms with Crippen molar-refractivity contribution in [1.82, 2.24) is 10.2 Å². The topological polar surface area (TPSA) is 86.8 Å². The lowest BCUT2D eigenvalue weighted by atomic mass is 10.0. The van der Waals surface area contributed by atoms with Gasteiger partial charge < -0.3 is 10.2 Å². The quantitative estimate of drug-likeness (QED) is 0.166. The van der Waals surface area contributed by atoms with Gasteiger partial charge in [0.05, 0.1) is 20.6 Å². The number of nitrogens with one attached hydrogen (secondary N) is 1. The predicted octanol–water partition coefficient (Wildman–Crippen LogP) is 7.05. The van der Waals surface area contributed by atoms with Gasteiger partial charge in [-0.15, -0.1) is 0 Å². The van der Waals surface area contributed by atoms with Gasteiger partial charge in [-0.3, -0.25) is 13.9 Å². The zero-order valence-corrected chi connectivity index (χ0v) is 27.8. The second kappa shape index (κ2) is 15.4. The van der Waals surface area contributed by atoms with Crippen LogP contribution in [0, 0.1) is 6.92 Å². The van der Waals surface area contributed by atoms with Crippen LogP contribution >= 0.6 is 23.2 Å². The summed E-state index contributed by atoms with van der Waals surface area (Å²) in [4.78, 5) is 30.0. The highest BCUT2D eigenvalue weighted by atomic mass is 35.5. The van der Waals surface area contributed by atoms with E-state index in [1.54, 1.807) is 30.3 Å². The largest absolute Gasteiger partial charge is 0.352 e. The second-order valence-corrected chi connectivity index (χ2v) is 13.5. The van der Waals surface area contributed by atoms with Crippen molar-refractivity contribution >= 4 is 50.7 Å². The van der Waals surface area contributed by atoms with Crippen molar-refractivity contribution in [2.75, 3.05) is 10.8 Å². The van der Waals surface area contributed by atoms with E-state index in [0.717, 1.165) is 21.0 Å². The number of aryl methyl sites for hydroxylation is 1. The monoisotopic (exact) mass is 665 g/mol. The molecule has 1 N–H and O–H groups in total. The molecule has 0 radical (unpaired) electrons. The minimum Gasteiger partial charge on any atom is -0.352 e. The van der Waals surface area contributed by atoms with Gasteiger partial charge in [-0.25, -0.2) is 8.42 Å². The SMILES string of the molecule is CCC(C)NC(=O)C(Cc1ccccc1)N(Cc1ccccc1C)C(=O)CN(c1cccc(Cl)c1Cl)S(=O)(=O)c1ccccc1. The number of carbonyl (C=O) groups excluding carboxylic acids is 2. The molecule has 0 saturated heterocycles. The smallest absolute Gasteiger partial charge is 0.264 e. The van der Waals surface area contributed by atoms with Crippen LogP contribution in [0.3, 0.4) is 0 Å². The number of sulfonamides is 1. The van der Waals surface area contributed by atoms with E-state index in [0.29, 0.717) is 6.42 Å². The van der Waals surface area contributed by atoms with Crippen LogP contribution in [-0.2, 0) is 32.6 Å². The van der Waals surface area contributed by atoms with Crippen molar-refractivity contribution in [2.24, 2.45) is 0 Å². The van der Waals surface area contributed by atoms with E-state index < -0.39 is 28.5 Å². The van der Waals surface area contributed by atoms with Crippen molar-refractivity contribution in [2.45, 2.75) is 57.1 Å². The van der Waals surface area contributed by atoms with Gasteiger partial charge >= 0.3 is 0 Å². The second-order valence-electron chi connectivity index (χ2n) is 10.9. The Labute approximate surface area is 275 Å². The predicted molar refractivity (Wildman–Crippen MR) is 181 cm³/mol. The minimum atomic E-state index is -4.29. The first-order valence-corrected chi connectivity index (χ1v) is 16.9. The van der Waals surface area contributed by atoms with Gasteiger partial charge in [0.1, 0.15) is 12.6 Å². The number of amides is 2. The number of benzene rings is 4. The van der Waals surface area contributed by atoms with Crippen LogP contribution in [0.25, 0.3) is 0 Å². The molecular formula is C35H37Cl2N3O4S. The van der Waals surface area contributed by atoms with Crippen LogP contribution in [0.5, 0.6) is 0 Å². The number of rotatable bonds is 13. The van der Waals surface area contributed by atoms with Gasteiger partial charge in [0.25, 0.3) is 10.0 Å². The lowest BCUT2D eigenvalue weighted by Gasteiger charge is -2.34. The Morgan fingerprint density at radius 2 is 1.47 bits per heavy atom. The molecule has 0 saturated carbocycles. The number of halogens is 2. The first kappa shape index (κ1) is 34.0. The molecule has 0 fully saturated rings. The van der Waals surface area contributed by atoms with Gasteiger partial charge in [0.2, 0.25) is 11.8 Å². The van der Waals surface area contributed by atoms with E-state index in [4.69, 9.17) is 23.2 Å². The van der Waals surface area contributed by atoms with Gasteiger partial charge in [-0.1, -0.05) is 109 Å². The summed E-state index contributed by atoms with van der Waals surface area (Å²) in [6.45, 7) is 5.26. The highest BCUT2D eigenvalue weighted by Gasteiger charge is 2.35. The van der Waals surface area contributed by atoms with Crippen molar-refractivity contribution < 1.29 is 18.0 Å². The summed E-state index contributed by atoms with van der Waals surface area (Å²) in [6.07, 6.45) is 0.927. The van der Waals surface area contributed by atoms with Crippen molar-refractivity contribution in [3.63, 3.8) is 0 Å². The lowest BCUT2D eigenvalue weighted by molar-refractivity contribution is -0.140. The van der Waals surface area contributed by atoms with Gasteiger partial charge in [-0.05, 0) is 61.2 Å². The Kier molecular flexibility index (Phi) is 11.7. The maximum absolute atomic E-state index is 14.6. The molecule has 7 nitrogen and oxygen atoms in total. The van der Waals surface area contributed by atoms with Crippen LogP contribution in [0.1, 0.15) is 37.0 Å². The van der Waals surface area contributed by atoms with E-state index in [2.05, 4.69) is 5.32 Å². The summed E-state index contributed by atoms with van der Waals surface area (Å²) in [7, 11) is -4.29. The van der Waals surface area contributed by atoms with Gasteiger partial charge in [0, 0.05) is 19.0 Å². The van der Waals surface area contributed by atoms with Crippen molar-refractivity contribution in [3.05, 3.63) is 130 Å². The van der Waals surface area contributed by atoms with E-state index in [1.807, 2.05) is 75.4 Å². The average Bonchev–Trinajstić information content (AvgIpc) is 3.04. The Morgan fingerprint density at radius 3 is 2.11 bits per heavy atom. The lowest BCUT2D eigenvalue weighted by Crippen LogP contribution is -2.54. The summed E-state index contributed by atoms with van der Waals surface area (Å²) in [5.74, 6) is -0.901. The van der Waals surface area contributed by atoms with Crippen molar-refractivity contribution in [3.8, 4) is 0 Å². The molecule has 0 heterocycles. The molecule has 45 heavy (non-hydrogen) atoms. The summed E-state index contributed by atoms with van der Waals surface area (Å²) in [5.41, 5.74) is 2.68. The molecule has 0 aliphatic rings. The van der Waals surface area contributed by atoms with E-state index in [-0.39, 0.29) is 45.5 Å². The molecule has 0 spiro atoms. The Bertz CT molecular complexity index is 1720. The fourth-order valence-corrected chi connectivity index (χ4v) is 6.78. The molecule has 0 aliphatic carbocycles. The maximum Gasteiger partial charge on any atom is 0.264 e. The third kappa shape index (κ3) is 8.45. The average molecular weight is 667 g/mol. The molecule has 0 aliphatic heterocycles. The van der Waals surface area contributed by atoms with Crippen LogP contribution in [0.2, 0.25) is 10.0 Å². The molecule has 10 heteroatoms. The van der Waals surface area contributed by atoms with Gasteiger partial charge in [0.15, 0.2) is 0 Å². The Morgan fingerprint density at radius 1 is 0.844 bits per heavy atom. The minimum absolute atomic E-state index is 0.00715. The highest BCUT2D eigenvalue weighted by molar-refractivity contribution is 7.92. The Hall–Kier alpha value is -3.85. The van der Waals surface area contributed by atoms with Gasteiger partial charge in [-0.2, -0.15) is 0 Å². The summed E-state index contributed by atoms with van der Waals surface area (Å²) in [6, 6.07) is 28.4. The van der Waals surface area contributed by atoms with Crippen LogP contribution < -0.4 is 9.62 Å². The van der Waals surface area contributed by atoms with Crippen LogP contribution in [-0.4, -0.2) is 43.8 Å². The molecule has 0 aromatic heterocycles. The Balaban J connectivity index is 1.84. The number of anilines is 1. The molecule has 4 rings (SSSR count). The van der Waals surface area contributed by atoms with E-state index >= 15 is 0 Å². The molecule has 2 unspecified atom stereocenters. The highest BCUT2D eigenvalue weighted by Crippen LogP contribution is 2.35. The standard InChI is InChI=1S/C35H37Cl2N3O4S/c1-4-26(3)38-35(42)32(22-27-15-7-5-8-16-27)39(23-28-17-12-11-14-25(28)2)33(41)24-40(31-21-13-20-30(36)34(31)37)45(43,44)29-18-9-6-10-19-29/h5-21,26,32H,4,22-24H2,1-3H3,(H,38,42). The molecule has 2 atom stereocenters. The fourth-order valence-electron chi connectivity index (χ4n) is 4.88. The zero-order valence-electron chi connectivity index (χ0n) is 25.5. The summed E-state index contributed by atoms with van der Waals surface area (Å²) < 4.78 is 29.2.